The number of aliphatic hydroxyl groups is 1. The van der Waals surface area contributed by atoms with Gasteiger partial charge in [-0.1, -0.05) is 23.7 Å². The average molecular weight is 500 g/mol. The quantitative estimate of drug-likeness (QED) is 0.464. The van der Waals surface area contributed by atoms with Gasteiger partial charge in [0.1, 0.15) is 10.2 Å². The Morgan fingerprint density at radius 1 is 1.30 bits per heavy atom. The van der Waals surface area contributed by atoms with Crippen molar-refractivity contribution in [1.82, 2.24) is 18.7 Å². The highest BCUT2D eigenvalue weighted by Crippen LogP contribution is 2.49. The van der Waals surface area contributed by atoms with E-state index >= 15 is 0 Å². The van der Waals surface area contributed by atoms with Crippen LogP contribution in [0.4, 0.5) is 0 Å². The van der Waals surface area contributed by atoms with Crippen molar-refractivity contribution >= 4 is 45.6 Å². The number of hydrogen-bond acceptors (Lipinski definition) is 7. The van der Waals surface area contributed by atoms with Crippen LogP contribution < -0.4 is 11.2 Å². The van der Waals surface area contributed by atoms with Gasteiger partial charge in [0.25, 0.3) is 5.56 Å². The normalized spacial score (nSPS) is 17.8. The Morgan fingerprint density at radius 2 is 2.09 bits per heavy atom. The van der Waals surface area contributed by atoms with Crippen LogP contribution in [0.1, 0.15) is 21.5 Å². The lowest BCUT2D eigenvalue weighted by atomic mass is 10.1. The van der Waals surface area contributed by atoms with E-state index in [2.05, 4.69) is 11.1 Å². The second-order valence-corrected chi connectivity index (χ2v) is 10.5. The minimum absolute atomic E-state index is 0.0666. The summed E-state index contributed by atoms with van der Waals surface area (Å²) in [5, 5.41) is 22.3. The Bertz CT molecular complexity index is 1580. The van der Waals surface area contributed by atoms with Crippen LogP contribution in [0.5, 0.6) is 0 Å². The Balaban J connectivity index is 1.97. The third-order valence-corrected chi connectivity index (χ3v) is 8.64. The number of benzene rings is 1. The van der Waals surface area contributed by atoms with Crippen LogP contribution in [0.15, 0.2) is 39.2 Å². The fourth-order valence-electron chi connectivity index (χ4n) is 4.40. The molecule has 4 heterocycles. The number of thioether (sulfide) groups is 1. The van der Waals surface area contributed by atoms with E-state index in [4.69, 9.17) is 11.6 Å². The molecule has 0 radical (unpaired) electrons. The summed E-state index contributed by atoms with van der Waals surface area (Å²) in [6, 6.07) is 9.20. The number of thiazole rings is 1. The molecule has 0 bridgehead atoms. The Morgan fingerprint density at radius 3 is 2.76 bits per heavy atom. The minimum Gasteiger partial charge on any atom is -0.395 e. The molecular weight excluding hydrogens is 482 g/mol. The summed E-state index contributed by atoms with van der Waals surface area (Å²) in [6.45, 7) is 0.368. The molecule has 0 amide bonds. The monoisotopic (exact) mass is 499 g/mol. The van der Waals surface area contributed by atoms with Gasteiger partial charge < -0.3 is 9.67 Å². The SMILES string of the molecule is Cn1c(=O)c2c(-c3cccc(C#N)c3)n3c(c2n(C)c1=O)C(c1nc(Cl)cs1)SC(CO)C3. The molecule has 3 aromatic heterocycles. The van der Waals surface area contributed by atoms with Gasteiger partial charge in [-0.2, -0.15) is 5.26 Å². The molecule has 0 saturated carbocycles. The van der Waals surface area contributed by atoms with E-state index in [0.717, 1.165) is 15.3 Å². The largest absolute Gasteiger partial charge is 0.395 e. The first kappa shape index (κ1) is 22.0. The minimum atomic E-state index is -0.427. The third kappa shape index (κ3) is 3.35. The molecule has 0 aliphatic carbocycles. The van der Waals surface area contributed by atoms with E-state index in [1.165, 1.54) is 34.7 Å². The predicted octanol–water partition coefficient (Wildman–Crippen LogP) is 2.88. The molecule has 0 spiro atoms. The van der Waals surface area contributed by atoms with Gasteiger partial charge in [0.2, 0.25) is 0 Å². The molecule has 4 aromatic rings. The summed E-state index contributed by atoms with van der Waals surface area (Å²) in [7, 11) is 3.11. The molecular formula is C22H18ClN5O3S2. The van der Waals surface area contributed by atoms with E-state index in [1.54, 1.807) is 30.6 Å². The van der Waals surface area contributed by atoms with E-state index < -0.39 is 11.2 Å². The Kier molecular flexibility index (Phi) is 5.45. The van der Waals surface area contributed by atoms with E-state index in [0.29, 0.717) is 39.4 Å². The molecule has 33 heavy (non-hydrogen) atoms. The molecule has 2 atom stereocenters. The number of aliphatic hydroxyl groups excluding tert-OH is 1. The van der Waals surface area contributed by atoms with Crippen molar-refractivity contribution in [3.8, 4) is 17.3 Å². The zero-order valence-electron chi connectivity index (χ0n) is 17.6. The summed E-state index contributed by atoms with van der Waals surface area (Å²) in [6.07, 6.45) is 0. The van der Waals surface area contributed by atoms with Gasteiger partial charge in [-0.3, -0.25) is 13.9 Å². The number of fused-ring (bicyclic) bond motifs is 3. The van der Waals surface area contributed by atoms with Crippen molar-refractivity contribution in [3.63, 3.8) is 0 Å². The van der Waals surface area contributed by atoms with E-state index in [1.807, 2.05) is 10.6 Å². The van der Waals surface area contributed by atoms with Crippen LogP contribution in [-0.4, -0.2) is 35.6 Å². The van der Waals surface area contributed by atoms with Gasteiger partial charge in [-0.15, -0.1) is 23.1 Å². The second kappa shape index (κ2) is 8.18. The molecule has 1 aliphatic heterocycles. The van der Waals surface area contributed by atoms with Crippen molar-refractivity contribution in [3.05, 3.63) is 71.9 Å². The number of aromatic nitrogens is 4. The highest BCUT2D eigenvalue weighted by Gasteiger charge is 2.37. The van der Waals surface area contributed by atoms with E-state index in [9.17, 15) is 20.0 Å². The first-order valence-corrected chi connectivity index (χ1v) is 12.3. The standard InChI is InChI=1S/C22H18ClN5O3S2/c1-26-17-15(21(30)27(2)22(26)31)16(12-5-3-4-11(6-12)7-24)28-8-13(9-29)33-19(18(17)28)20-25-14(23)10-32-20/h3-6,10,13,19,29H,8-9H2,1-2H3. The van der Waals surface area contributed by atoms with Crippen LogP contribution in [0, 0.1) is 11.3 Å². The number of halogens is 1. The van der Waals surface area contributed by atoms with Crippen molar-refractivity contribution in [2.75, 3.05) is 6.61 Å². The molecule has 1 N–H and O–H groups in total. The van der Waals surface area contributed by atoms with Crippen molar-refractivity contribution < 1.29 is 5.11 Å². The maximum absolute atomic E-state index is 13.4. The predicted molar refractivity (Wildman–Crippen MR) is 130 cm³/mol. The molecule has 5 rings (SSSR count). The maximum Gasteiger partial charge on any atom is 0.331 e. The maximum atomic E-state index is 13.4. The van der Waals surface area contributed by atoms with Crippen LogP contribution in [0.2, 0.25) is 5.15 Å². The summed E-state index contributed by atoms with van der Waals surface area (Å²) >= 11 is 9.06. The smallest absolute Gasteiger partial charge is 0.331 e. The van der Waals surface area contributed by atoms with Gasteiger partial charge in [-0.25, -0.2) is 9.78 Å². The summed E-state index contributed by atoms with van der Waals surface area (Å²) in [4.78, 5) is 30.8. The van der Waals surface area contributed by atoms with Crippen molar-refractivity contribution in [2.45, 2.75) is 17.0 Å². The van der Waals surface area contributed by atoms with Gasteiger partial charge in [0, 0.05) is 36.8 Å². The molecule has 2 unspecified atom stereocenters. The van der Waals surface area contributed by atoms with Gasteiger partial charge in [0.05, 0.1) is 45.8 Å². The molecule has 8 nitrogen and oxygen atoms in total. The topological polar surface area (TPSA) is 106 Å². The van der Waals surface area contributed by atoms with Crippen molar-refractivity contribution in [2.24, 2.45) is 14.1 Å². The lowest BCUT2D eigenvalue weighted by Gasteiger charge is -2.30. The van der Waals surface area contributed by atoms with E-state index in [-0.39, 0.29) is 17.1 Å². The lowest BCUT2D eigenvalue weighted by Crippen LogP contribution is -2.37. The highest BCUT2D eigenvalue weighted by atomic mass is 35.5. The first-order chi connectivity index (χ1) is 15.8. The Labute approximate surface area is 201 Å². The lowest BCUT2D eigenvalue weighted by molar-refractivity contribution is 0.284. The zero-order valence-corrected chi connectivity index (χ0v) is 20.0. The third-order valence-electron chi connectivity index (χ3n) is 5.85. The molecule has 168 valence electrons. The molecule has 1 aromatic carbocycles. The Hall–Kier alpha value is -2.84. The summed E-state index contributed by atoms with van der Waals surface area (Å²) in [5.74, 6) is 0. The summed E-state index contributed by atoms with van der Waals surface area (Å²) in [5.41, 5.74) is 2.24. The van der Waals surface area contributed by atoms with Crippen LogP contribution in [-0.2, 0) is 20.6 Å². The first-order valence-electron chi connectivity index (χ1n) is 10.1. The van der Waals surface area contributed by atoms with Crippen molar-refractivity contribution in [1.29, 1.82) is 5.26 Å². The van der Waals surface area contributed by atoms with Crippen LogP contribution in [0.3, 0.4) is 0 Å². The fraction of sp³-hybridized carbons (Fsp3) is 0.273. The van der Waals surface area contributed by atoms with Gasteiger partial charge in [0.15, 0.2) is 0 Å². The number of aryl methyl sites for hydroxylation is 1. The molecule has 0 fully saturated rings. The number of nitrogens with zero attached hydrogens (tertiary/aromatic N) is 5. The van der Waals surface area contributed by atoms with Gasteiger partial charge in [-0.05, 0) is 12.1 Å². The number of nitriles is 1. The number of hydrogen-bond donors (Lipinski definition) is 1. The summed E-state index contributed by atoms with van der Waals surface area (Å²) < 4.78 is 4.58. The van der Waals surface area contributed by atoms with Crippen LogP contribution >= 0.6 is 34.7 Å². The highest BCUT2D eigenvalue weighted by molar-refractivity contribution is 8.00. The average Bonchev–Trinajstić information content (AvgIpc) is 3.42. The zero-order chi connectivity index (χ0) is 23.4. The second-order valence-electron chi connectivity index (χ2n) is 7.80. The van der Waals surface area contributed by atoms with Crippen LogP contribution in [0.25, 0.3) is 22.2 Å². The van der Waals surface area contributed by atoms with Gasteiger partial charge >= 0.3 is 5.69 Å². The fourth-order valence-corrected chi connectivity index (χ4v) is 6.91. The number of rotatable bonds is 3. The molecule has 1 aliphatic rings. The molecule has 11 heteroatoms. The molecule has 0 saturated heterocycles.